The second kappa shape index (κ2) is 7.34. The Morgan fingerprint density at radius 1 is 1.11 bits per heavy atom. The third kappa shape index (κ3) is 3.19. The predicted octanol–water partition coefficient (Wildman–Crippen LogP) is 1.72. The van der Waals surface area contributed by atoms with E-state index < -0.39 is 0 Å². The number of methoxy groups -OCH3 is 2. The first-order valence-electron chi connectivity index (χ1n) is 9.09. The van der Waals surface area contributed by atoms with Crippen LogP contribution in [0.3, 0.4) is 0 Å². The van der Waals surface area contributed by atoms with Crippen molar-refractivity contribution in [1.29, 1.82) is 0 Å². The van der Waals surface area contributed by atoms with Gasteiger partial charge in [0.05, 0.1) is 19.6 Å². The highest BCUT2D eigenvalue weighted by Crippen LogP contribution is 2.34. The van der Waals surface area contributed by atoms with Gasteiger partial charge in [0.25, 0.3) is 0 Å². The molecular formula is C19H22N6O3. The van der Waals surface area contributed by atoms with Gasteiger partial charge in [-0.25, -0.2) is 14.6 Å². The van der Waals surface area contributed by atoms with Gasteiger partial charge in [0.15, 0.2) is 5.65 Å². The first-order chi connectivity index (χ1) is 13.6. The lowest BCUT2D eigenvalue weighted by atomic mass is 10.1. The molecule has 0 aliphatic carbocycles. The summed E-state index contributed by atoms with van der Waals surface area (Å²) in [5.41, 5.74) is 7.99. The quantitative estimate of drug-likeness (QED) is 0.715. The van der Waals surface area contributed by atoms with E-state index in [1.54, 1.807) is 25.0 Å². The van der Waals surface area contributed by atoms with Crippen LogP contribution in [0.5, 0.6) is 11.5 Å². The standard InChI is InChI=1S/C19H22N6O3/c1-27-13-7-12(8-14(9-13)28-2)17-16-18(20)21-11-22-19(16)25(23-17)10-15(26)24-5-3-4-6-24/h7-9,11H,3-6,10H2,1-2H3,(H2,20,21,22). The number of amides is 1. The van der Waals surface area contributed by atoms with E-state index in [-0.39, 0.29) is 12.5 Å². The lowest BCUT2D eigenvalue weighted by Crippen LogP contribution is -2.31. The van der Waals surface area contributed by atoms with E-state index in [0.717, 1.165) is 31.5 Å². The van der Waals surface area contributed by atoms with E-state index in [2.05, 4.69) is 15.1 Å². The number of hydrogen-bond acceptors (Lipinski definition) is 7. The summed E-state index contributed by atoms with van der Waals surface area (Å²) in [6.45, 7) is 1.68. The maximum absolute atomic E-state index is 12.6. The number of anilines is 1. The minimum atomic E-state index is 0.0221. The van der Waals surface area contributed by atoms with Crippen molar-refractivity contribution in [3.63, 3.8) is 0 Å². The average molecular weight is 382 g/mol. The number of carbonyl (C=O) groups excluding carboxylic acids is 1. The Hall–Kier alpha value is -3.36. The number of rotatable bonds is 5. The van der Waals surface area contributed by atoms with Crippen molar-refractivity contribution in [1.82, 2.24) is 24.6 Å². The van der Waals surface area contributed by atoms with Crippen LogP contribution in [0.2, 0.25) is 0 Å². The van der Waals surface area contributed by atoms with Crippen molar-refractivity contribution in [3.8, 4) is 22.8 Å². The van der Waals surface area contributed by atoms with Crippen LogP contribution >= 0.6 is 0 Å². The van der Waals surface area contributed by atoms with Crippen LogP contribution in [0.15, 0.2) is 24.5 Å². The Morgan fingerprint density at radius 3 is 2.43 bits per heavy atom. The number of benzene rings is 1. The molecule has 1 aliphatic rings. The second-order valence-corrected chi connectivity index (χ2v) is 6.65. The lowest BCUT2D eigenvalue weighted by Gasteiger charge is -2.15. The molecule has 3 heterocycles. The molecule has 1 saturated heterocycles. The van der Waals surface area contributed by atoms with Crippen LogP contribution in [0, 0.1) is 0 Å². The number of nitrogens with zero attached hydrogens (tertiary/aromatic N) is 5. The third-order valence-electron chi connectivity index (χ3n) is 4.93. The summed E-state index contributed by atoms with van der Waals surface area (Å²) in [6, 6.07) is 5.45. The molecule has 0 bridgehead atoms. The average Bonchev–Trinajstić information content (AvgIpc) is 3.37. The molecule has 1 aliphatic heterocycles. The van der Waals surface area contributed by atoms with Crippen LogP contribution in [0.1, 0.15) is 12.8 Å². The molecule has 0 unspecified atom stereocenters. The van der Waals surface area contributed by atoms with Crippen LogP contribution in [0.25, 0.3) is 22.3 Å². The minimum Gasteiger partial charge on any atom is -0.497 e. The maximum atomic E-state index is 12.6. The van der Waals surface area contributed by atoms with Gasteiger partial charge in [-0.1, -0.05) is 0 Å². The van der Waals surface area contributed by atoms with Gasteiger partial charge in [-0.2, -0.15) is 5.10 Å². The summed E-state index contributed by atoms with van der Waals surface area (Å²) in [6.07, 6.45) is 3.46. The zero-order chi connectivity index (χ0) is 19.7. The zero-order valence-electron chi connectivity index (χ0n) is 15.9. The monoisotopic (exact) mass is 382 g/mol. The van der Waals surface area contributed by atoms with Crippen LogP contribution in [-0.2, 0) is 11.3 Å². The molecule has 3 aromatic rings. The molecular weight excluding hydrogens is 360 g/mol. The molecule has 1 amide bonds. The Morgan fingerprint density at radius 2 is 1.79 bits per heavy atom. The molecule has 4 rings (SSSR count). The van der Waals surface area contributed by atoms with Crippen molar-refractivity contribution >= 4 is 22.8 Å². The fourth-order valence-electron chi connectivity index (χ4n) is 3.48. The molecule has 9 nitrogen and oxygen atoms in total. The van der Waals surface area contributed by atoms with Gasteiger partial charge in [-0.05, 0) is 25.0 Å². The number of likely N-dealkylation sites (tertiary alicyclic amines) is 1. The van der Waals surface area contributed by atoms with Crippen molar-refractivity contribution in [2.45, 2.75) is 19.4 Å². The Kier molecular flexibility index (Phi) is 4.72. The van der Waals surface area contributed by atoms with Gasteiger partial charge in [-0.3, -0.25) is 4.79 Å². The van der Waals surface area contributed by atoms with Crippen LogP contribution in [0.4, 0.5) is 5.82 Å². The van der Waals surface area contributed by atoms with E-state index in [4.69, 9.17) is 15.2 Å². The highest BCUT2D eigenvalue weighted by atomic mass is 16.5. The summed E-state index contributed by atoms with van der Waals surface area (Å²) in [4.78, 5) is 22.9. The minimum absolute atomic E-state index is 0.0221. The van der Waals surface area contributed by atoms with Gasteiger partial charge in [0.2, 0.25) is 5.91 Å². The van der Waals surface area contributed by atoms with E-state index >= 15 is 0 Å². The Bertz CT molecular complexity index is 1000. The topological polar surface area (TPSA) is 108 Å². The van der Waals surface area contributed by atoms with Gasteiger partial charge in [0, 0.05) is 24.7 Å². The van der Waals surface area contributed by atoms with E-state index in [1.165, 1.54) is 6.33 Å². The van der Waals surface area contributed by atoms with Crippen molar-refractivity contribution in [3.05, 3.63) is 24.5 Å². The summed E-state index contributed by atoms with van der Waals surface area (Å²) in [7, 11) is 3.17. The van der Waals surface area contributed by atoms with Crippen molar-refractivity contribution < 1.29 is 14.3 Å². The Labute approximate surface area is 162 Å². The summed E-state index contributed by atoms with van der Waals surface area (Å²) >= 11 is 0. The SMILES string of the molecule is COc1cc(OC)cc(-c2nn(CC(=O)N3CCCC3)c3ncnc(N)c23)c1. The zero-order valence-corrected chi connectivity index (χ0v) is 15.9. The molecule has 1 fully saturated rings. The lowest BCUT2D eigenvalue weighted by molar-refractivity contribution is -0.130. The first-order valence-corrected chi connectivity index (χ1v) is 9.09. The molecule has 0 radical (unpaired) electrons. The third-order valence-corrected chi connectivity index (χ3v) is 4.93. The molecule has 0 atom stereocenters. The van der Waals surface area contributed by atoms with Crippen LogP contribution in [-0.4, -0.2) is 57.9 Å². The molecule has 2 N–H and O–H groups in total. The van der Waals surface area contributed by atoms with Crippen LogP contribution < -0.4 is 15.2 Å². The van der Waals surface area contributed by atoms with E-state index in [1.807, 2.05) is 17.0 Å². The number of nitrogen functional groups attached to an aromatic ring is 1. The molecule has 1 aromatic carbocycles. The highest BCUT2D eigenvalue weighted by Gasteiger charge is 2.23. The van der Waals surface area contributed by atoms with Gasteiger partial charge < -0.3 is 20.1 Å². The number of hydrogen-bond donors (Lipinski definition) is 1. The molecule has 146 valence electrons. The summed E-state index contributed by atoms with van der Waals surface area (Å²) in [5.74, 6) is 1.58. The predicted molar refractivity (Wildman–Crippen MR) is 104 cm³/mol. The molecule has 9 heteroatoms. The van der Waals surface area contributed by atoms with Gasteiger partial charge >= 0.3 is 0 Å². The number of ether oxygens (including phenoxy) is 2. The first kappa shape index (κ1) is 18.0. The van der Waals surface area contributed by atoms with E-state index in [0.29, 0.717) is 34.0 Å². The normalized spacial score (nSPS) is 13.9. The van der Waals surface area contributed by atoms with E-state index in [9.17, 15) is 4.79 Å². The number of aromatic nitrogens is 4. The second-order valence-electron chi connectivity index (χ2n) is 6.65. The number of carbonyl (C=O) groups is 1. The number of nitrogens with two attached hydrogens (primary N) is 1. The smallest absolute Gasteiger partial charge is 0.244 e. The highest BCUT2D eigenvalue weighted by molar-refractivity contribution is 5.99. The van der Waals surface area contributed by atoms with Crippen molar-refractivity contribution in [2.75, 3.05) is 33.0 Å². The fraction of sp³-hybridized carbons (Fsp3) is 0.368. The summed E-state index contributed by atoms with van der Waals surface area (Å²) in [5, 5.41) is 5.26. The molecule has 0 spiro atoms. The van der Waals surface area contributed by atoms with Gasteiger partial charge in [-0.15, -0.1) is 0 Å². The fourth-order valence-corrected chi connectivity index (χ4v) is 3.48. The Balaban J connectivity index is 1.82. The molecule has 2 aromatic heterocycles. The summed E-state index contributed by atoms with van der Waals surface area (Å²) < 4.78 is 12.3. The maximum Gasteiger partial charge on any atom is 0.244 e. The largest absolute Gasteiger partial charge is 0.497 e. The number of fused-ring (bicyclic) bond motifs is 1. The molecule has 28 heavy (non-hydrogen) atoms. The molecule has 0 saturated carbocycles. The van der Waals surface area contributed by atoms with Gasteiger partial charge in [0.1, 0.15) is 35.9 Å². The van der Waals surface area contributed by atoms with Crippen molar-refractivity contribution in [2.24, 2.45) is 0 Å².